The molecule has 0 radical (unpaired) electrons. The van der Waals surface area contributed by atoms with Crippen molar-refractivity contribution in [3.63, 3.8) is 0 Å². The summed E-state index contributed by atoms with van der Waals surface area (Å²) >= 11 is 0. The zero-order valence-corrected chi connectivity index (χ0v) is 7.31. The van der Waals surface area contributed by atoms with Crippen molar-refractivity contribution < 1.29 is 14.1 Å². The second kappa shape index (κ2) is 3.01. The second-order valence-electron chi connectivity index (χ2n) is 3.12. The third-order valence-electron chi connectivity index (χ3n) is 1.76. The van der Waals surface area contributed by atoms with Crippen LogP contribution < -0.4 is 0 Å². The molecule has 0 saturated heterocycles. The molecule has 1 aromatic heterocycles. The van der Waals surface area contributed by atoms with E-state index >= 15 is 0 Å². The number of Topliss-reactive ketones (excluding diaryl/α,β-unsaturated/α-hetero) is 1. The van der Waals surface area contributed by atoms with Crippen LogP contribution in [0.5, 0.6) is 0 Å². The molecule has 5 nitrogen and oxygen atoms in total. The smallest absolute Gasteiger partial charge is 0.281 e. The molecule has 0 fully saturated rings. The highest BCUT2D eigenvalue weighted by Crippen LogP contribution is 2.16. The molecule has 0 saturated carbocycles. The first kappa shape index (κ1) is 9.44. The summed E-state index contributed by atoms with van der Waals surface area (Å²) in [6.07, 6.45) is 1.31. The van der Waals surface area contributed by atoms with E-state index in [0.717, 1.165) is 0 Å². The summed E-state index contributed by atoms with van der Waals surface area (Å²) in [5.41, 5.74) is -1.63. The lowest BCUT2D eigenvalue weighted by Crippen LogP contribution is -2.39. The molecule has 0 aromatic carbocycles. The minimum Gasteiger partial charge on any atom is -0.461 e. The van der Waals surface area contributed by atoms with Crippen LogP contribution in [0.3, 0.4) is 0 Å². The predicted molar refractivity (Wildman–Crippen MR) is 44.1 cm³/mol. The standard InChI is InChI=1S/C8H9NO4/c1-8(2,9(11)12)7(10)6-4-3-5-13-6/h3-5H,1-2H3. The molecule has 70 valence electrons. The molecule has 0 aliphatic carbocycles. The highest BCUT2D eigenvalue weighted by atomic mass is 16.6. The van der Waals surface area contributed by atoms with Gasteiger partial charge in [0.15, 0.2) is 5.76 Å². The topological polar surface area (TPSA) is 73.3 Å². The minimum absolute atomic E-state index is 0.0155. The first-order valence-corrected chi connectivity index (χ1v) is 3.69. The van der Waals surface area contributed by atoms with Crippen LogP contribution in [0, 0.1) is 10.1 Å². The molecule has 0 spiro atoms. The molecule has 5 heteroatoms. The van der Waals surface area contributed by atoms with Crippen molar-refractivity contribution in [2.45, 2.75) is 19.4 Å². The summed E-state index contributed by atoms with van der Waals surface area (Å²) < 4.78 is 4.78. The molecule has 0 amide bonds. The molecular formula is C8H9NO4. The maximum atomic E-state index is 11.4. The Morgan fingerprint density at radius 3 is 2.62 bits per heavy atom. The summed E-state index contributed by atoms with van der Waals surface area (Å²) in [7, 11) is 0. The average Bonchev–Trinajstić information content (AvgIpc) is 2.54. The number of carbonyl (C=O) groups is 1. The molecule has 0 aliphatic rings. The van der Waals surface area contributed by atoms with Crippen LogP contribution >= 0.6 is 0 Å². The van der Waals surface area contributed by atoms with E-state index in [-0.39, 0.29) is 5.76 Å². The monoisotopic (exact) mass is 183 g/mol. The van der Waals surface area contributed by atoms with E-state index in [1.165, 1.54) is 32.2 Å². The number of hydrogen-bond acceptors (Lipinski definition) is 4. The molecule has 0 bridgehead atoms. The Kier molecular flexibility index (Phi) is 2.18. The van der Waals surface area contributed by atoms with Crippen LogP contribution in [0.25, 0.3) is 0 Å². The van der Waals surface area contributed by atoms with E-state index in [2.05, 4.69) is 0 Å². The van der Waals surface area contributed by atoms with E-state index in [1.807, 2.05) is 0 Å². The van der Waals surface area contributed by atoms with E-state index in [1.54, 1.807) is 0 Å². The van der Waals surface area contributed by atoms with Gasteiger partial charge in [-0.1, -0.05) is 0 Å². The minimum atomic E-state index is -1.63. The number of ketones is 1. The van der Waals surface area contributed by atoms with Crippen LogP contribution in [0.1, 0.15) is 24.4 Å². The van der Waals surface area contributed by atoms with Gasteiger partial charge >= 0.3 is 0 Å². The molecular weight excluding hydrogens is 174 g/mol. The molecule has 0 unspecified atom stereocenters. The van der Waals surface area contributed by atoms with Crippen molar-refractivity contribution >= 4 is 5.78 Å². The van der Waals surface area contributed by atoms with Gasteiger partial charge in [0, 0.05) is 18.8 Å². The van der Waals surface area contributed by atoms with Gasteiger partial charge in [0.2, 0.25) is 0 Å². The lowest BCUT2D eigenvalue weighted by molar-refractivity contribution is -0.540. The quantitative estimate of drug-likeness (QED) is 0.404. The Balaban J connectivity index is 2.98. The normalized spacial score (nSPS) is 11.2. The van der Waals surface area contributed by atoms with Gasteiger partial charge in [-0.3, -0.25) is 14.9 Å². The molecule has 0 aliphatic heterocycles. The average molecular weight is 183 g/mol. The summed E-state index contributed by atoms with van der Waals surface area (Å²) in [6, 6.07) is 2.93. The number of rotatable bonds is 3. The molecule has 0 N–H and O–H groups in total. The summed E-state index contributed by atoms with van der Waals surface area (Å²) in [4.78, 5) is 21.3. The first-order chi connectivity index (χ1) is 5.96. The number of furan rings is 1. The SMILES string of the molecule is CC(C)(C(=O)c1ccco1)[N+](=O)[O-]. The molecule has 1 heterocycles. The zero-order valence-electron chi connectivity index (χ0n) is 7.31. The van der Waals surface area contributed by atoms with Crippen LogP contribution in [0.15, 0.2) is 22.8 Å². The second-order valence-corrected chi connectivity index (χ2v) is 3.12. The van der Waals surface area contributed by atoms with Crippen molar-refractivity contribution in [1.82, 2.24) is 0 Å². The van der Waals surface area contributed by atoms with Gasteiger partial charge in [0.05, 0.1) is 6.26 Å². The van der Waals surface area contributed by atoms with E-state index in [0.29, 0.717) is 0 Å². The van der Waals surface area contributed by atoms with Crippen LogP contribution in [-0.2, 0) is 0 Å². The van der Waals surface area contributed by atoms with Crippen molar-refractivity contribution in [2.75, 3.05) is 0 Å². The highest BCUT2D eigenvalue weighted by molar-refractivity contribution is 5.99. The Morgan fingerprint density at radius 2 is 2.23 bits per heavy atom. The molecule has 13 heavy (non-hydrogen) atoms. The van der Waals surface area contributed by atoms with Gasteiger partial charge in [-0.15, -0.1) is 0 Å². The van der Waals surface area contributed by atoms with Crippen molar-refractivity contribution in [1.29, 1.82) is 0 Å². The van der Waals surface area contributed by atoms with Gasteiger partial charge in [-0.25, -0.2) is 0 Å². The van der Waals surface area contributed by atoms with Crippen molar-refractivity contribution in [3.8, 4) is 0 Å². The van der Waals surface area contributed by atoms with Crippen LogP contribution in [0.4, 0.5) is 0 Å². The summed E-state index contributed by atoms with van der Waals surface area (Å²) in [5.74, 6) is -0.607. The third kappa shape index (κ3) is 1.58. The Morgan fingerprint density at radius 1 is 1.62 bits per heavy atom. The Hall–Kier alpha value is -1.65. The lowest BCUT2D eigenvalue weighted by atomic mass is 9.98. The molecule has 1 rings (SSSR count). The fourth-order valence-electron chi connectivity index (χ4n) is 0.792. The number of nitrogens with zero attached hydrogens (tertiary/aromatic N) is 1. The molecule has 0 atom stereocenters. The van der Waals surface area contributed by atoms with Gasteiger partial charge < -0.3 is 4.42 Å². The van der Waals surface area contributed by atoms with Crippen molar-refractivity contribution in [2.24, 2.45) is 0 Å². The number of hydrogen-bond donors (Lipinski definition) is 0. The van der Waals surface area contributed by atoms with Crippen LogP contribution in [0.2, 0.25) is 0 Å². The third-order valence-corrected chi connectivity index (χ3v) is 1.76. The largest absolute Gasteiger partial charge is 0.461 e. The van der Waals surface area contributed by atoms with Gasteiger partial charge in [-0.2, -0.15) is 0 Å². The van der Waals surface area contributed by atoms with E-state index < -0.39 is 16.2 Å². The maximum absolute atomic E-state index is 11.4. The summed E-state index contributed by atoms with van der Waals surface area (Å²) in [5, 5.41) is 10.5. The fraction of sp³-hybridized carbons (Fsp3) is 0.375. The molecule has 1 aromatic rings. The van der Waals surface area contributed by atoms with Gasteiger partial charge in [0.1, 0.15) is 0 Å². The highest BCUT2D eigenvalue weighted by Gasteiger charge is 2.42. The lowest BCUT2D eigenvalue weighted by Gasteiger charge is -2.11. The predicted octanol–water partition coefficient (Wildman–Crippen LogP) is 1.52. The zero-order chi connectivity index (χ0) is 10.1. The first-order valence-electron chi connectivity index (χ1n) is 3.69. The Labute approximate surface area is 74.5 Å². The maximum Gasteiger partial charge on any atom is 0.281 e. The van der Waals surface area contributed by atoms with E-state index in [9.17, 15) is 14.9 Å². The van der Waals surface area contributed by atoms with Crippen LogP contribution in [-0.4, -0.2) is 16.2 Å². The number of carbonyl (C=O) groups excluding carboxylic acids is 1. The van der Waals surface area contributed by atoms with Gasteiger partial charge in [-0.05, 0) is 12.1 Å². The Bertz CT molecular complexity index is 326. The van der Waals surface area contributed by atoms with Crippen molar-refractivity contribution in [3.05, 3.63) is 34.3 Å². The number of nitro groups is 1. The summed E-state index contributed by atoms with van der Waals surface area (Å²) in [6.45, 7) is 2.50. The fourth-order valence-corrected chi connectivity index (χ4v) is 0.792. The van der Waals surface area contributed by atoms with Gasteiger partial charge in [0.25, 0.3) is 11.3 Å². The van der Waals surface area contributed by atoms with E-state index in [4.69, 9.17) is 4.42 Å².